The van der Waals surface area contributed by atoms with Crippen LogP contribution in [-0.2, 0) is 32.6 Å². The molecule has 2 atom stereocenters. The van der Waals surface area contributed by atoms with Crippen molar-refractivity contribution in [2.75, 3.05) is 10.8 Å². The van der Waals surface area contributed by atoms with Crippen LogP contribution in [0.1, 0.15) is 31.4 Å². The molecule has 0 fully saturated rings. The summed E-state index contributed by atoms with van der Waals surface area (Å²) in [6.45, 7) is 3.05. The van der Waals surface area contributed by atoms with Crippen LogP contribution in [0, 0.1) is 0 Å². The summed E-state index contributed by atoms with van der Waals surface area (Å²) in [6, 6.07) is 24.9. The molecule has 4 rings (SSSR count). The van der Waals surface area contributed by atoms with Gasteiger partial charge in [-0.3, -0.25) is 13.9 Å². The van der Waals surface area contributed by atoms with Gasteiger partial charge in [-0.25, -0.2) is 8.42 Å². The standard InChI is InChI=1S/C34H33Cl4N3O4S/c1-3-23(2)39-34(43)32(16-24-10-6-4-7-11-24)40(21-25-14-15-26(35)20-31(25)38)33(42)22-41(29-18-27(36)17-28(37)19-29)46(44,45)30-12-8-5-9-13-30/h4-15,17-20,23,32H,3,16,21-22H2,1-2H3,(H,39,43). The van der Waals surface area contributed by atoms with Crippen LogP contribution in [0.25, 0.3) is 0 Å². The molecule has 2 amide bonds. The van der Waals surface area contributed by atoms with E-state index in [1.54, 1.807) is 36.4 Å². The number of benzene rings is 4. The van der Waals surface area contributed by atoms with Crippen LogP contribution in [0.3, 0.4) is 0 Å². The molecule has 0 spiro atoms. The predicted molar refractivity (Wildman–Crippen MR) is 186 cm³/mol. The molecule has 0 saturated carbocycles. The van der Waals surface area contributed by atoms with Gasteiger partial charge in [0, 0.05) is 39.1 Å². The Morgan fingerprint density at radius 1 is 0.804 bits per heavy atom. The molecular formula is C34H33Cl4N3O4S. The quantitative estimate of drug-likeness (QED) is 0.152. The van der Waals surface area contributed by atoms with Gasteiger partial charge in [-0.15, -0.1) is 0 Å². The molecule has 0 aliphatic carbocycles. The fourth-order valence-corrected chi connectivity index (χ4v) is 7.16. The van der Waals surface area contributed by atoms with E-state index in [0.717, 1.165) is 9.87 Å². The Balaban J connectivity index is 1.85. The molecule has 46 heavy (non-hydrogen) atoms. The molecule has 242 valence electrons. The van der Waals surface area contributed by atoms with Gasteiger partial charge in [-0.05, 0) is 66.9 Å². The Kier molecular flexibility index (Phi) is 12.4. The number of sulfonamides is 1. The van der Waals surface area contributed by atoms with E-state index in [2.05, 4.69) is 5.32 Å². The lowest BCUT2D eigenvalue weighted by Crippen LogP contribution is -2.54. The fourth-order valence-electron chi connectivity index (χ4n) is 4.76. The monoisotopic (exact) mass is 719 g/mol. The maximum atomic E-state index is 14.6. The summed E-state index contributed by atoms with van der Waals surface area (Å²) < 4.78 is 29.1. The first-order valence-corrected chi connectivity index (χ1v) is 17.5. The molecule has 12 heteroatoms. The smallest absolute Gasteiger partial charge is 0.264 e. The molecule has 0 aliphatic heterocycles. The van der Waals surface area contributed by atoms with Crippen LogP contribution >= 0.6 is 46.4 Å². The van der Waals surface area contributed by atoms with Gasteiger partial charge in [-0.2, -0.15) is 0 Å². The minimum Gasteiger partial charge on any atom is -0.352 e. The summed E-state index contributed by atoms with van der Waals surface area (Å²) in [5, 5.41) is 4.06. The van der Waals surface area contributed by atoms with Crippen molar-refractivity contribution in [2.45, 2.75) is 50.2 Å². The summed E-state index contributed by atoms with van der Waals surface area (Å²) in [7, 11) is -4.31. The van der Waals surface area contributed by atoms with E-state index in [1.165, 1.54) is 35.2 Å². The number of hydrogen-bond acceptors (Lipinski definition) is 4. The van der Waals surface area contributed by atoms with Gasteiger partial charge >= 0.3 is 0 Å². The highest BCUT2D eigenvalue weighted by molar-refractivity contribution is 7.92. The number of anilines is 1. The Hall–Kier alpha value is -3.27. The highest BCUT2D eigenvalue weighted by atomic mass is 35.5. The van der Waals surface area contributed by atoms with E-state index in [4.69, 9.17) is 46.4 Å². The van der Waals surface area contributed by atoms with E-state index >= 15 is 0 Å². The largest absolute Gasteiger partial charge is 0.352 e. The van der Waals surface area contributed by atoms with Crippen LogP contribution in [-0.4, -0.2) is 43.8 Å². The first-order chi connectivity index (χ1) is 21.9. The van der Waals surface area contributed by atoms with Crippen molar-refractivity contribution < 1.29 is 18.0 Å². The molecule has 0 heterocycles. The van der Waals surface area contributed by atoms with Crippen molar-refractivity contribution in [3.63, 3.8) is 0 Å². The van der Waals surface area contributed by atoms with Gasteiger partial charge in [0.1, 0.15) is 12.6 Å². The molecule has 0 saturated heterocycles. The van der Waals surface area contributed by atoms with Crippen molar-refractivity contribution in [1.29, 1.82) is 0 Å². The minimum atomic E-state index is -4.31. The number of hydrogen-bond donors (Lipinski definition) is 1. The molecule has 0 bridgehead atoms. The second-order valence-corrected chi connectivity index (χ2v) is 14.3. The van der Waals surface area contributed by atoms with Crippen molar-refractivity contribution >= 4 is 73.9 Å². The maximum absolute atomic E-state index is 14.6. The van der Waals surface area contributed by atoms with E-state index < -0.39 is 28.5 Å². The Morgan fingerprint density at radius 3 is 2.00 bits per heavy atom. The molecule has 4 aromatic carbocycles. The van der Waals surface area contributed by atoms with Crippen LogP contribution in [0.4, 0.5) is 5.69 Å². The molecule has 2 unspecified atom stereocenters. The molecular weight excluding hydrogens is 688 g/mol. The van der Waals surface area contributed by atoms with Gasteiger partial charge in [0.05, 0.1) is 10.6 Å². The summed E-state index contributed by atoms with van der Waals surface area (Å²) in [5.41, 5.74) is 1.42. The van der Waals surface area contributed by atoms with Crippen molar-refractivity contribution in [2.24, 2.45) is 0 Å². The van der Waals surface area contributed by atoms with Gasteiger partial charge < -0.3 is 10.2 Å². The minimum absolute atomic E-state index is 0.0402. The summed E-state index contributed by atoms with van der Waals surface area (Å²) >= 11 is 25.3. The van der Waals surface area contributed by atoms with Crippen molar-refractivity contribution in [3.05, 3.63) is 128 Å². The summed E-state index contributed by atoms with van der Waals surface area (Å²) in [4.78, 5) is 29.8. The molecule has 0 radical (unpaired) electrons. The van der Waals surface area contributed by atoms with Gasteiger partial charge in [0.2, 0.25) is 11.8 Å². The topological polar surface area (TPSA) is 86.8 Å². The van der Waals surface area contributed by atoms with Crippen LogP contribution < -0.4 is 9.62 Å². The van der Waals surface area contributed by atoms with E-state index in [9.17, 15) is 18.0 Å². The maximum Gasteiger partial charge on any atom is 0.264 e. The van der Waals surface area contributed by atoms with E-state index in [-0.39, 0.29) is 45.5 Å². The van der Waals surface area contributed by atoms with Crippen LogP contribution in [0.2, 0.25) is 20.1 Å². The Morgan fingerprint density at radius 2 is 1.41 bits per heavy atom. The predicted octanol–water partition coefficient (Wildman–Crippen LogP) is 8.05. The van der Waals surface area contributed by atoms with Gasteiger partial charge in [0.15, 0.2) is 0 Å². The number of carbonyl (C=O) groups is 2. The number of amides is 2. The summed E-state index contributed by atoms with van der Waals surface area (Å²) in [6.07, 6.45) is 0.827. The third kappa shape index (κ3) is 9.17. The lowest BCUT2D eigenvalue weighted by Gasteiger charge is -2.34. The van der Waals surface area contributed by atoms with E-state index in [0.29, 0.717) is 22.0 Å². The first kappa shape index (κ1) is 35.6. The number of halogens is 4. The highest BCUT2D eigenvalue weighted by Crippen LogP contribution is 2.31. The number of rotatable bonds is 13. The van der Waals surface area contributed by atoms with Crippen molar-refractivity contribution in [1.82, 2.24) is 10.2 Å². The molecule has 0 aliphatic rings. The van der Waals surface area contributed by atoms with Crippen LogP contribution in [0.15, 0.2) is 102 Å². The van der Waals surface area contributed by atoms with Gasteiger partial charge in [0.25, 0.3) is 10.0 Å². The number of carbonyl (C=O) groups excluding carboxylic acids is 2. The van der Waals surface area contributed by atoms with E-state index in [1.807, 2.05) is 44.2 Å². The third-order valence-electron chi connectivity index (χ3n) is 7.37. The SMILES string of the molecule is CCC(C)NC(=O)C(Cc1ccccc1)N(Cc1ccc(Cl)cc1Cl)C(=O)CN(c1cc(Cl)cc(Cl)c1)S(=O)(=O)c1ccccc1. The molecule has 4 aromatic rings. The zero-order valence-corrected chi connectivity index (χ0v) is 29.0. The Labute approximate surface area is 290 Å². The molecule has 7 nitrogen and oxygen atoms in total. The molecule has 0 aromatic heterocycles. The van der Waals surface area contributed by atoms with Crippen LogP contribution in [0.5, 0.6) is 0 Å². The molecule has 1 N–H and O–H groups in total. The fraction of sp³-hybridized carbons (Fsp3) is 0.235. The first-order valence-electron chi connectivity index (χ1n) is 14.5. The highest BCUT2D eigenvalue weighted by Gasteiger charge is 2.35. The normalized spacial score (nSPS) is 12.7. The number of nitrogens with one attached hydrogen (secondary N) is 1. The zero-order chi connectivity index (χ0) is 33.4. The zero-order valence-electron chi connectivity index (χ0n) is 25.2. The average molecular weight is 722 g/mol. The lowest BCUT2D eigenvalue weighted by atomic mass is 10.0. The average Bonchev–Trinajstić information content (AvgIpc) is 3.02. The lowest BCUT2D eigenvalue weighted by molar-refractivity contribution is -0.140. The second kappa shape index (κ2) is 16.0. The van der Waals surface area contributed by atoms with Crippen molar-refractivity contribution in [3.8, 4) is 0 Å². The number of nitrogens with zero attached hydrogens (tertiary/aromatic N) is 2. The second-order valence-electron chi connectivity index (χ2n) is 10.7. The third-order valence-corrected chi connectivity index (χ3v) is 10.2. The summed E-state index contributed by atoms with van der Waals surface area (Å²) in [5.74, 6) is -1.04. The van der Waals surface area contributed by atoms with Gasteiger partial charge in [-0.1, -0.05) is 108 Å². The Bertz CT molecular complexity index is 1760.